The molecule has 0 bridgehead atoms. The van der Waals surface area contributed by atoms with Crippen LogP contribution in [0.15, 0.2) is 0 Å². The predicted molar refractivity (Wildman–Crippen MR) is 71.1 cm³/mol. The molecule has 2 fully saturated rings. The SMILES string of the molecule is CNC1(CO)CCC(N2CC(C)CCC2C)C1. The smallest absolute Gasteiger partial charge is 0.0613 e. The second kappa shape index (κ2) is 5.25. The van der Waals surface area contributed by atoms with Crippen LogP contribution < -0.4 is 5.32 Å². The number of nitrogens with zero attached hydrogens (tertiary/aromatic N) is 1. The molecule has 0 spiro atoms. The van der Waals surface area contributed by atoms with E-state index in [4.69, 9.17) is 0 Å². The summed E-state index contributed by atoms with van der Waals surface area (Å²) in [4.78, 5) is 2.70. The van der Waals surface area contributed by atoms with E-state index in [0.717, 1.165) is 24.8 Å². The topological polar surface area (TPSA) is 35.5 Å². The molecule has 0 amide bonds. The highest BCUT2D eigenvalue weighted by atomic mass is 16.3. The van der Waals surface area contributed by atoms with Crippen molar-refractivity contribution in [3.63, 3.8) is 0 Å². The van der Waals surface area contributed by atoms with E-state index in [0.29, 0.717) is 6.04 Å². The average molecular weight is 240 g/mol. The molecule has 2 N–H and O–H groups in total. The van der Waals surface area contributed by atoms with Crippen molar-refractivity contribution < 1.29 is 5.11 Å². The standard InChI is InChI=1S/C14H28N2O/c1-11-4-5-12(2)16(9-11)13-6-7-14(8-13,10-17)15-3/h11-13,15,17H,4-10H2,1-3H3. The van der Waals surface area contributed by atoms with E-state index in [1.165, 1.54) is 25.8 Å². The summed E-state index contributed by atoms with van der Waals surface area (Å²) < 4.78 is 0. The van der Waals surface area contributed by atoms with Gasteiger partial charge in [0.25, 0.3) is 0 Å². The molecular weight excluding hydrogens is 212 g/mol. The van der Waals surface area contributed by atoms with Gasteiger partial charge in [0.05, 0.1) is 6.61 Å². The van der Waals surface area contributed by atoms with Crippen LogP contribution in [0, 0.1) is 5.92 Å². The Morgan fingerprint density at radius 3 is 2.65 bits per heavy atom. The maximum atomic E-state index is 9.57. The lowest BCUT2D eigenvalue weighted by Crippen LogP contribution is -2.49. The monoisotopic (exact) mass is 240 g/mol. The normalized spacial score (nSPS) is 44.1. The number of aliphatic hydroxyl groups excluding tert-OH is 1. The maximum Gasteiger partial charge on any atom is 0.0613 e. The van der Waals surface area contributed by atoms with Crippen LogP contribution in [0.5, 0.6) is 0 Å². The average Bonchev–Trinajstić information content (AvgIpc) is 2.77. The fraction of sp³-hybridized carbons (Fsp3) is 1.00. The van der Waals surface area contributed by atoms with Gasteiger partial charge >= 0.3 is 0 Å². The van der Waals surface area contributed by atoms with Gasteiger partial charge in [0, 0.05) is 24.2 Å². The summed E-state index contributed by atoms with van der Waals surface area (Å²) in [7, 11) is 1.99. The molecule has 1 saturated heterocycles. The van der Waals surface area contributed by atoms with E-state index >= 15 is 0 Å². The summed E-state index contributed by atoms with van der Waals surface area (Å²) in [6.07, 6.45) is 6.17. The number of likely N-dealkylation sites (tertiary alicyclic amines) is 1. The molecule has 1 aliphatic heterocycles. The Labute approximate surface area is 106 Å². The van der Waals surface area contributed by atoms with Crippen molar-refractivity contribution in [3.05, 3.63) is 0 Å². The molecular formula is C14H28N2O. The molecule has 3 nitrogen and oxygen atoms in total. The highest BCUT2D eigenvalue weighted by Crippen LogP contribution is 2.36. The summed E-state index contributed by atoms with van der Waals surface area (Å²) in [5.74, 6) is 0.838. The minimum atomic E-state index is -0.00886. The van der Waals surface area contributed by atoms with E-state index < -0.39 is 0 Å². The van der Waals surface area contributed by atoms with Crippen LogP contribution in [-0.2, 0) is 0 Å². The van der Waals surface area contributed by atoms with Gasteiger partial charge < -0.3 is 10.4 Å². The third-order valence-corrected chi connectivity index (χ3v) is 5.05. The first-order valence-electron chi connectivity index (χ1n) is 7.16. The van der Waals surface area contributed by atoms with Gasteiger partial charge in [-0.15, -0.1) is 0 Å². The Morgan fingerprint density at radius 2 is 2.06 bits per heavy atom. The van der Waals surface area contributed by atoms with E-state index in [1.54, 1.807) is 0 Å². The molecule has 100 valence electrons. The fourth-order valence-corrected chi connectivity index (χ4v) is 3.66. The summed E-state index contributed by atoms with van der Waals surface area (Å²) in [5, 5.41) is 12.9. The van der Waals surface area contributed by atoms with Gasteiger partial charge in [0.2, 0.25) is 0 Å². The van der Waals surface area contributed by atoms with Gasteiger partial charge in [-0.1, -0.05) is 6.92 Å². The van der Waals surface area contributed by atoms with Crippen molar-refractivity contribution in [1.29, 1.82) is 0 Å². The molecule has 3 heteroatoms. The van der Waals surface area contributed by atoms with Crippen molar-refractivity contribution in [2.45, 2.75) is 63.6 Å². The zero-order valence-electron chi connectivity index (χ0n) is 11.6. The zero-order chi connectivity index (χ0) is 12.5. The quantitative estimate of drug-likeness (QED) is 0.787. The van der Waals surface area contributed by atoms with Crippen LogP contribution in [0.25, 0.3) is 0 Å². The van der Waals surface area contributed by atoms with Crippen molar-refractivity contribution in [2.75, 3.05) is 20.2 Å². The lowest BCUT2D eigenvalue weighted by atomic mass is 9.92. The molecule has 2 aliphatic rings. The van der Waals surface area contributed by atoms with Crippen LogP contribution in [0.3, 0.4) is 0 Å². The lowest BCUT2D eigenvalue weighted by Gasteiger charge is -2.41. The van der Waals surface area contributed by atoms with Gasteiger partial charge in [0.1, 0.15) is 0 Å². The molecule has 0 aromatic heterocycles. The van der Waals surface area contributed by atoms with Crippen molar-refractivity contribution >= 4 is 0 Å². The second-order valence-corrected chi connectivity index (χ2v) is 6.31. The summed E-state index contributed by atoms with van der Waals surface area (Å²) in [6.45, 7) is 6.25. The highest BCUT2D eigenvalue weighted by Gasteiger charge is 2.41. The largest absolute Gasteiger partial charge is 0.394 e. The molecule has 4 atom stereocenters. The zero-order valence-corrected chi connectivity index (χ0v) is 11.6. The Bertz CT molecular complexity index is 253. The summed E-state index contributed by atoms with van der Waals surface area (Å²) in [6, 6.07) is 1.40. The van der Waals surface area contributed by atoms with Crippen LogP contribution >= 0.6 is 0 Å². The second-order valence-electron chi connectivity index (χ2n) is 6.31. The fourth-order valence-electron chi connectivity index (χ4n) is 3.66. The van der Waals surface area contributed by atoms with Gasteiger partial charge in [-0.05, 0) is 52.0 Å². The molecule has 1 heterocycles. The number of piperidine rings is 1. The van der Waals surface area contributed by atoms with Crippen LogP contribution in [0.4, 0.5) is 0 Å². The van der Waals surface area contributed by atoms with E-state index in [-0.39, 0.29) is 12.1 Å². The maximum absolute atomic E-state index is 9.57. The molecule has 0 aromatic carbocycles. The Balaban J connectivity index is 1.99. The highest BCUT2D eigenvalue weighted by molar-refractivity contribution is 5.00. The number of rotatable bonds is 3. The number of hydrogen-bond acceptors (Lipinski definition) is 3. The minimum Gasteiger partial charge on any atom is -0.394 e. The van der Waals surface area contributed by atoms with Crippen molar-refractivity contribution in [1.82, 2.24) is 10.2 Å². The first-order chi connectivity index (χ1) is 8.10. The Hall–Kier alpha value is -0.120. The molecule has 17 heavy (non-hydrogen) atoms. The molecule has 4 unspecified atom stereocenters. The van der Waals surface area contributed by atoms with E-state index in [2.05, 4.69) is 24.1 Å². The predicted octanol–water partition coefficient (Wildman–Crippen LogP) is 1.61. The van der Waals surface area contributed by atoms with Gasteiger partial charge in [-0.3, -0.25) is 4.90 Å². The van der Waals surface area contributed by atoms with Crippen LogP contribution in [-0.4, -0.2) is 47.8 Å². The Morgan fingerprint density at radius 1 is 1.29 bits per heavy atom. The summed E-state index contributed by atoms with van der Waals surface area (Å²) >= 11 is 0. The molecule has 2 rings (SSSR count). The minimum absolute atomic E-state index is 0.00886. The van der Waals surface area contributed by atoms with E-state index in [1.807, 2.05) is 7.05 Å². The molecule has 1 aliphatic carbocycles. The lowest BCUT2D eigenvalue weighted by molar-refractivity contribution is 0.0707. The van der Waals surface area contributed by atoms with E-state index in [9.17, 15) is 5.11 Å². The third-order valence-electron chi connectivity index (χ3n) is 5.05. The van der Waals surface area contributed by atoms with Crippen molar-refractivity contribution in [3.8, 4) is 0 Å². The van der Waals surface area contributed by atoms with Crippen LogP contribution in [0.2, 0.25) is 0 Å². The van der Waals surface area contributed by atoms with Gasteiger partial charge in [0.15, 0.2) is 0 Å². The third kappa shape index (κ3) is 2.67. The van der Waals surface area contributed by atoms with Gasteiger partial charge in [-0.25, -0.2) is 0 Å². The summed E-state index contributed by atoms with van der Waals surface area (Å²) in [5.41, 5.74) is -0.00886. The number of likely N-dealkylation sites (N-methyl/N-ethyl adjacent to an activating group) is 1. The van der Waals surface area contributed by atoms with Gasteiger partial charge in [-0.2, -0.15) is 0 Å². The molecule has 0 aromatic rings. The molecule has 0 radical (unpaired) electrons. The number of aliphatic hydroxyl groups is 1. The Kier molecular flexibility index (Phi) is 4.11. The number of hydrogen-bond donors (Lipinski definition) is 2. The first-order valence-corrected chi connectivity index (χ1v) is 7.16. The van der Waals surface area contributed by atoms with Crippen molar-refractivity contribution in [2.24, 2.45) is 5.92 Å². The first kappa shape index (κ1) is 13.3. The molecule has 1 saturated carbocycles. The van der Waals surface area contributed by atoms with Crippen LogP contribution in [0.1, 0.15) is 46.0 Å². The number of nitrogens with one attached hydrogen (secondary N) is 1.